The first kappa shape index (κ1) is 15.5. The molecule has 1 atom stereocenters. The van der Waals surface area contributed by atoms with E-state index in [0.29, 0.717) is 11.9 Å². The van der Waals surface area contributed by atoms with E-state index in [0.717, 1.165) is 25.9 Å². The maximum atomic E-state index is 5.09. The molecule has 0 bridgehead atoms. The van der Waals surface area contributed by atoms with Crippen molar-refractivity contribution < 1.29 is 4.74 Å². The van der Waals surface area contributed by atoms with Gasteiger partial charge in [-0.2, -0.15) is 5.10 Å². The standard InChI is InChI=1S/C16H24N4O/c1-4-17-15(9-14-11-19-20(5-2)12-14)8-13-6-7-16(21-3)18-10-13/h6-7,10-12,15,17H,4-5,8-9H2,1-3H3. The lowest BCUT2D eigenvalue weighted by molar-refractivity contribution is 0.397. The van der Waals surface area contributed by atoms with Gasteiger partial charge >= 0.3 is 0 Å². The molecule has 0 saturated heterocycles. The fraction of sp³-hybridized carbons (Fsp3) is 0.500. The first-order valence-electron chi connectivity index (χ1n) is 7.48. The molecular weight excluding hydrogens is 264 g/mol. The van der Waals surface area contributed by atoms with Gasteiger partial charge in [-0.15, -0.1) is 0 Å². The second-order valence-electron chi connectivity index (χ2n) is 5.08. The molecule has 2 aromatic heterocycles. The summed E-state index contributed by atoms with van der Waals surface area (Å²) in [5, 5.41) is 7.88. The van der Waals surface area contributed by atoms with Crippen LogP contribution in [0.15, 0.2) is 30.7 Å². The van der Waals surface area contributed by atoms with Gasteiger partial charge in [0.25, 0.3) is 0 Å². The Bertz CT molecular complexity index is 535. The first-order chi connectivity index (χ1) is 10.2. The predicted octanol–water partition coefficient (Wildman–Crippen LogP) is 2.07. The van der Waals surface area contributed by atoms with Gasteiger partial charge in [0.15, 0.2) is 0 Å². The second kappa shape index (κ2) is 7.78. The van der Waals surface area contributed by atoms with Gasteiger partial charge in [0.2, 0.25) is 5.88 Å². The maximum Gasteiger partial charge on any atom is 0.212 e. The molecule has 1 N–H and O–H groups in total. The second-order valence-corrected chi connectivity index (χ2v) is 5.08. The summed E-state index contributed by atoms with van der Waals surface area (Å²) in [7, 11) is 1.63. The van der Waals surface area contributed by atoms with Crippen LogP contribution < -0.4 is 10.1 Å². The number of hydrogen-bond acceptors (Lipinski definition) is 4. The van der Waals surface area contributed by atoms with E-state index >= 15 is 0 Å². The highest BCUT2D eigenvalue weighted by Crippen LogP contribution is 2.11. The van der Waals surface area contributed by atoms with Crippen molar-refractivity contribution in [3.05, 3.63) is 41.9 Å². The number of aromatic nitrogens is 3. The first-order valence-corrected chi connectivity index (χ1v) is 7.48. The van der Waals surface area contributed by atoms with Crippen LogP contribution in [0.3, 0.4) is 0 Å². The molecule has 0 aliphatic heterocycles. The molecule has 0 amide bonds. The minimum atomic E-state index is 0.389. The molecule has 0 fully saturated rings. The van der Waals surface area contributed by atoms with Gasteiger partial charge in [0.1, 0.15) is 0 Å². The average Bonchev–Trinajstić information content (AvgIpc) is 2.96. The van der Waals surface area contributed by atoms with Gasteiger partial charge in [0.05, 0.1) is 13.3 Å². The summed E-state index contributed by atoms with van der Waals surface area (Å²) in [5.74, 6) is 0.656. The van der Waals surface area contributed by atoms with Crippen molar-refractivity contribution in [1.82, 2.24) is 20.1 Å². The number of pyridine rings is 1. The Labute approximate surface area is 126 Å². The zero-order valence-corrected chi connectivity index (χ0v) is 13.0. The molecule has 2 rings (SSSR count). The van der Waals surface area contributed by atoms with Crippen molar-refractivity contribution in [2.24, 2.45) is 0 Å². The maximum absolute atomic E-state index is 5.09. The molecule has 1 unspecified atom stereocenters. The van der Waals surface area contributed by atoms with Crippen molar-refractivity contribution >= 4 is 0 Å². The minimum Gasteiger partial charge on any atom is -0.481 e. The number of ether oxygens (including phenoxy) is 1. The van der Waals surface area contributed by atoms with E-state index in [2.05, 4.69) is 41.5 Å². The summed E-state index contributed by atoms with van der Waals surface area (Å²) in [4.78, 5) is 4.27. The number of likely N-dealkylation sites (N-methyl/N-ethyl adjacent to an activating group) is 1. The van der Waals surface area contributed by atoms with Crippen molar-refractivity contribution in [2.75, 3.05) is 13.7 Å². The SMILES string of the molecule is CCNC(Cc1ccc(OC)nc1)Cc1cnn(CC)c1. The van der Waals surface area contributed by atoms with E-state index in [9.17, 15) is 0 Å². The largest absolute Gasteiger partial charge is 0.481 e. The van der Waals surface area contributed by atoms with Crippen LogP contribution in [0, 0.1) is 0 Å². The molecule has 2 heterocycles. The van der Waals surface area contributed by atoms with Crippen LogP contribution in [0.2, 0.25) is 0 Å². The summed E-state index contributed by atoms with van der Waals surface area (Å²) in [6.07, 6.45) is 7.89. The number of nitrogens with one attached hydrogen (secondary N) is 1. The van der Waals surface area contributed by atoms with Crippen LogP contribution in [0.25, 0.3) is 0 Å². The lowest BCUT2D eigenvalue weighted by atomic mass is 10.0. The van der Waals surface area contributed by atoms with E-state index in [1.54, 1.807) is 7.11 Å². The Morgan fingerprint density at radius 3 is 2.57 bits per heavy atom. The lowest BCUT2D eigenvalue weighted by Crippen LogP contribution is -2.33. The molecule has 0 saturated carbocycles. The molecule has 2 aromatic rings. The Morgan fingerprint density at radius 2 is 2.00 bits per heavy atom. The van der Waals surface area contributed by atoms with Crippen molar-refractivity contribution in [3.63, 3.8) is 0 Å². The normalized spacial score (nSPS) is 12.3. The van der Waals surface area contributed by atoms with Gasteiger partial charge < -0.3 is 10.1 Å². The smallest absolute Gasteiger partial charge is 0.212 e. The number of hydrogen-bond donors (Lipinski definition) is 1. The zero-order valence-electron chi connectivity index (χ0n) is 13.0. The number of rotatable bonds is 8. The number of nitrogens with zero attached hydrogens (tertiary/aromatic N) is 3. The zero-order chi connectivity index (χ0) is 15.1. The predicted molar refractivity (Wildman–Crippen MR) is 83.6 cm³/mol. The Balaban J connectivity index is 2.00. The van der Waals surface area contributed by atoms with E-state index in [4.69, 9.17) is 4.74 Å². The van der Waals surface area contributed by atoms with Crippen LogP contribution in [-0.2, 0) is 19.4 Å². The Morgan fingerprint density at radius 1 is 1.19 bits per heavy atom. The third-order valence-corrected chi connectivity index (χ3v) is 3.47. The molecule has 0 spiro atoms. The Hall–Kier alpha value is -1.88. The summed E-state index contributed by atoms with van der Waals surface area (Å²) in [5.41, 5.74) is 2.48. The molecule has 0 radical (unpaired) electrons. The third-order valence-electron chi connectivity index (χ3n) is 3.47. The third kappa shape index (κ3) is 4.56. The van der Waals surface area contributed by atoms with Crippen LogP contribution in [0.1, 0.15) is 25.0 Å². The lowest BCUT2D eigenvalue weighted by Gasteiger charge is -2.17. The number of methoxy groups -OCH3 is 1. The van der Waals surface area contributed by atoms with E-state index in [1.807, 2.05) is 23.1 Å². The van der Waals surface area contributed by atoms with Crippen LogP contribution >= 0.6 is 0 Å². The van der Waals surface area contributed by atoms with Gasteiger partial charge in [-0.05, 0) is 37.4 Å². The monoisotopic (exact) mass is 288 g/mol. The van der Waals surface area contributed by atoms with E-state index in [-0.39, 0.29) is 0 Å². The molecular formula is C16H24N4O. The van der Waals surface area contributed by atoms with Gasteiger partial charge in [0, 0.05) is 31.0 Å². The van der Waals surface area contributed by atoms with Crippen LogP contribution in [-0.4, -0.2) is 34.5 Å². The summed E-state index contributed by atoms with van der Waals surface area (Å²) in [6.45, 7) is 6.10. The van der Waals surface area contributed by atoms with Gasteiger partial charge in [-0.3, -0.25) is 4.68 Å². The Kier molecular flexibility index (Phi) is 5.75. The van der Waals surface area contributed by atoms with Crippen molar-refractivity contribution in [1.29, 1.82) is 0 Å². The van der Waals surface area contributed by atoms with Crippen molar-refractivity contribution in [3.8, 4) is 5.88 Å². The summed E-state index contributed by atoms with van der Waals surface area (Å²) < 4.78 is 7.06. The highest BCUT2D eigenvalue weighted by Gasteiger charge is 2.11. The minimum absolute atomic E-state index is 0.389. The van der Waals surface area contributed by atoms with E-state index in [1.165, 1.54) is 11.1 Å². The highest BCUT2D eigenvalue weighted by atomic mass is 16.5. The quantitative estimate of drug-likeness (QED) is 0.808. The summed E-state index contributed by atoms with van der Waals surface area (Å²) in [6, 6.07) is 4.37. The topological polar surface area (TPSA) is 52.0 Å². The molecule has 0 aromatic carbocycles. The van der Waals surface area contributed by atoms with E-state index < -0.39 is 0 Å². The fourth-order valence-electron chi connectivity index (χ4n) is 2.41. The van der Waals surface area contributed by atoms with Gasteiger partial charge in [-0.1, -0.05) is 13.0 Å². The molecule has 21 heavy (non-hydrogen) atoms. The molecule has 114 valence electrons. The van der Waals surface area contributed by atoms with Gasteiger partial charge in [-0.25, -0.2) is 4.98 Å². The molecule has 5 nitrogen and oxygen atoms in total. The molecule has 0 aliphatic rings. The molecule has 5 heteroatoms. The van der Waals surface area contributed by atoms with Crippen LogP contribution in [0.4, 0.5) is 0 Å². The summed E-state index contributed by atoms with van der Waals surface area (Å²) >= 11 is 0. The average molecular weight is 288 g/mol. The molecule has 0 aliphatic carbocycles. The fourth-order valence-corrected chi connectivity index (χ4v) is 2.41. The number of aryl methyl sites for hydroxylation is 1. The van der Waals surface area contributed by atoms with Crippen molar-refractivity contribution in [2.45, 2.75) is 39.3 Å². The highest BCUT2D eigenvalue weighted by molar-refractivity contribution is 5.19. The van der Waals surface area contributed by atoms with Crippen LogP contribution in [0.5, 0.6) is 5.88 Å².